The summed E-state index contributed by atoms with van der Waals surface area (Å²) in [6.07, 6.45) is 5.39. The van der Waals surface area contributed by atoms with E-state index in [4.69, 9.17) is 0 Å². The molecule has 1 heterocycles. The van der Waals surface area contributed by atoms with E-state index in [1.54, 1.807) is 23.1 Å². The predicted octanol–water partition coefficient (Wildman–Crippen LogP) is 1.74. The molecule has 0 radical (unpaired) electrons. The van der Waals surface area contributed by atoms with Crippen LogP contribution in [0.25, 0.3) is 0 Å². The summed E-state index contributed by atoms with van der Waals surface area (Å²) >= 11 is 3.45. The van der Waals surface area contributed by atoms with Crippen molar-refractivity contribution in [2.24, 2.45) is 0 Å². The number of rotatable bonds is 7. The summed E-state index contributed by atoms with van der Waals surface area (Å²) in [4.78, 5) is 4.21. The number of nitrogens with one attached hydrogen (secondary N) is 1. The molecule has 1 atom stereocenters. The normalized spacial score (nSPS) is 17.9. The second-order valence-corrected chi connectivity index (χ2v) is 5.99. The second-order valence-electron chi connectivity index (χ2n) is 3.76. The number of aliphatic hydroxyl groups is 1. The average molecular weight is 244 g/mol. The largest absolute Gasteiger partial charge is 0.395 e. The molecule has 1 fully saturated rings. The molecule has 0 bridgehead atoms. The van der Waals surface area contributed by atoms with Gasteiger partial charge in [0.2, 0.25) is 0 Å². The number of hydrogen-bond acceptors (Lipinski definition) is 5. The molecule has 0 aromatic carbocycles. The highest BCUT2D eigenvalue weighted by molar-refractivity contribution is 8.00. The Morgan fingerprint density at radius 2 is 2.53 bits per heavy atom. The Morgan fingerprint density at radius 1 is 1.67 bits per heavy atom. The van der Waals surface area contributed by atoms with Gasteiger partial charge in [0.1, 0.15) is 4.34 Å². The molecule has 0 amide bonds. The monoisotopic (exact) mass is 244 g/mol. The minimum Gasteiger partial charge on any atom is -0.395 e. The fraction of sp³-hybridized carbons (Fsp3) is 0.700. The molecule has 1 aromatic rings. The molecule has 1 aliphatic carbocycles. The third-order valence-electron chi connectivity index (χ3n) is 2.37. The summed E-state index contributed by atoms with van der Waals surface area (Å²) in [5.41, 5.74) is 0. The van der Waals surface area contributed by atoms with E-state index in [2.05, 4.69) is 10.3 Å². The van der Waals surface area contributed by atoms with Gasteiger partial charge in [0.25, 0.3) is 0 Å². The standard InChI is InChI=1S/C10H16N2OS2/c13-7-9(12-8-1-2-8)3-5-14-10-11-4-6-15-10/h4,6,8-9,12-13H,1-3,5,7H2. The van der Waals surface area contributed by atoms with Gasteiger partial charge in [-0.3, -0.25) is 0 Å². The Labute approximate surface area is 98.3 Å². The zero-order valence-electron chi connectivity index (χ0n) is 8.56. The molecule has 15 heavy (non-hydrogen) atoms. The van der Waals surface area contributed by atoms with Gasteiger partial charge in [-0.15, -0.1) is 11.3 Å². The van der Waals surface area contributed by atoms with E-state index >= 15 is 0 Å². The van der Waals surface area contributed by atoms with Crippen molar-refractivity contribution in [1.29, 1.82) is 0 Å². The minimum atomic E-state index is 0.245. The van der Waals surface area contributed by atoms with Gasteiger partial charge in [-0.2, -0.15) is 0 Å². The molecular weight excluding hydrogens is 228 g/mol. The first-order valence-corrected chi connectivity index (χ1v) is 7.14. The van der Waals surface area contributed by atoms with Crippen molar-refractivity contribution in [2.45, 2.75) is 35.7 Å². The maximum atomic E-state index is 9.18. The van der Waals surface area contributed by atoms with E-state index in [1.165, 1.54) is 12.8 Å². The van der Waals surface area contributed by atoms with E-state index < -0.39 is 0 Å². The van der Waals surface area contributed by atoms with Gasteiger partial charge in [0.05, 0.1) is 6.61 Å². The maximum Gasteiger partial charge on any atom is 0.149 e. The van der Waals surface area contributed by atoms with Crippen molar-refractivity contribution in [3.63, 3.8) is 0 Å². The van der Waals surface area contributed by atoms with Crippen LogP contribution in [0.3, 0.4) is 0 Å². The fourth-order valence-corrected chi connectivity index (χ4v) is 3.14. The first-order chi connectivity index (χ1) is 7.38. The first-order valence-electron chi connectivity index (χ1n) is 5.27. The summed E-state index contributed by atoms with van der Waals surface area (Å²) in [7, 11) is 0. The summed E-state index contributed by atoms with van der Waals surface area (Å²) in [6.45, 7) is 0.245. The van der Waals surface area contributed by atoms with Gasteiger partial charge in [-0.05, 0) is 19.3 Å². The van der Waals surface area contributed by atoms with Crippen molar-refractivity contribution in [3.8, 4) is 0 Å². The fourth-order valence-electron chi connectivity index (χ4n) is 1.38. The smallest absolute Gasteiger partial charge is 0.149 e. The van der Waals surface area contributed by atoms with Gasteiger partial charge in [0, 0.05) is 29.4 Å². The predicted molar refractivity (Wildman–Crippen MR) is 64.5 cm³/mol. The molecule has 0 saturated heterocycles. The molecule has 1 aliphatic rings. The van der Waals surface area contributed by atoms with E-state index in [1.807, 2.05) is 11.6 Å². The molecule has 2 N–H and O–H groups in total. The Morgan fingerprint density at radius 3 is 3.13 bits per heavy atom. The second kappa shape index (κ2) is 5.84. The van der Waals surface area contributed by atoms with E-state index in [0.29, 0.717) is 6.04 Å². The zero-order chi connectivity index (χ0) is 10.5. The highest BCUT2D eigenvalue weighted by Crippen LogP contribution is 2.23. The van der Waals surface area contributed by atoms with Crippen molar-refractivity contribution >= 4 is 23.1 Å². The van der Waals surface area contributed by atoms with Crippen molar-refractivity contribution in [2.75, 3.05) is 12.4 Å². The molecule has 0 spiro atoms. The minimum absolute atomic E-state index is 0.245. The van der Waals surface area contributed by atoms with Crippen LogP contribution in [0.4, 0.5) is 0 Å². The lowest BCUT2D eigenvalue weighted by atomic mass is 10.2. The first kappa shape index (κ1) is 11.4. The molecule has 1 unspecified atom stereocenters. The summed E-state index contributed by atoms with van der Waals surface area (Å²) in [6, 6.07) is 0.942. The van der Waals surface area contributed by atoms with E-state index in [9.17, 15) is 5.11 Å². The topological polar surface area (TPSA) is 45.2 Å². The lowest BCUT2D eigenvalue weighted by Crippen LogP contribution is -2.34. The third kappa shape index (κ3) is 4.10. The van der Waals surface area contributed by atoms with Crippen LogP contribution >= 0.6 is 23.1 Å². The molecular formula is C10H16N2OS2. The Hall–Kier alpha value is -0.100. The van der Waals surface area contributed by atoms with Crippen LogP contribution in [0.1, 0.15) is 19.3 Å². The van der Waals surface area contributed by atoms with Crippen LogP contribution < -0.4 is 5.32 Å². The lowest BCUT2D eigenvalue weighted by Gasteiger charge is -2.14. The maximum absolute atomic E-state index is 9.18. The Balaban J connectivity index is 1.62. The van der Waals surface area contributed by atoms with Crippen LogP contribution in [0.15, 0.2) is 15.9 Å². The zero-order valence-corrected chi connectivity index (χ0v) is 10.2. The Bertz CT molecular complexity index is 275. The number of thiazole rings is 1. The van der Waals surface area contributed by atoms with Crippen LogP contribution in [0, 0.1) is 0 Å². The van der Waals surface area contributed by atoms with Crippen molar-refractivity contribution in [1.82, 2.24) is 10.3 Å². The average Bonchev–Trinajstić information content (AvgIpc) is 2.91. The quantitative estimate of drug-likeness (QED) is 0.717. The summed E-state index contributed by atoms with van der Waals surface area (Å²) < 4.78 is 1.12. The van der Waals surface area contributed by atoms with Crippen molar-refractivity contribution in [3.05, 3.63) is 11.6 Å². The number of hydrogen-bond donors (Lipinski definition) is 2. The SMILES string of the molecule is OCC(CCSc1nccs1)NC1CC1. The summed E-state index contributed by atoms with van der Waals surface area (Å²) in [5, 5.41) is 14.6. The molecule has 3 nitrogen and oxygen atoms in total. The van der Waals surface area contributed by atoms with E-state index in [-0.39, 0.29) is 12.6 Å². The number of aromatic nitrogens is 1. The molecule has 84 valence electrons. The van der Waals surface area contributed by atoms with Crippen molar-refractivity contribution < 1.29 is 5.11 Å². The highest BCUT2D eigenvalue weighted by atomic mass is 32.2. The van der Waals surface area contributed by atoms with Gasteiger partial charge >= 0.3 is 0 Å². The molecule has 1 saturated carbocycles. The molecule has 2 rings (SSSR count). The third-order valence-corrected chi connectivity index (χ3v) is 4.37. The summed E-state index contributed by atoms with van der Waals surface area (Å²) in [5.74, 6) is 1.03. The van der Waals surface area contributed by atoms with Gasteiger partial charge in [-0.25, -0.2) is 4.98 Å². The van der Waals surface area contributed by atoms with Gasteiger partial charge in [0.15, 0.2) is 0 Å². The Kier molecular flexibility index (Phi) is 4.43. The lowest BCUT2D eigenvalue weighted by molar-refractivity contribution is 0.239. The molecule has 5 heteroatoms. The molecule has 0 aliphatic heterocycles. The van der Waals surface area contributed by atoms with Crippen LogP contribution in [-0.2, 0) is 0 Å². The van der Waals surface area contributed by atoms with Crippen LogP contribution in [0.2, 0.25) is 0 Å². The number of nitrogens with zero attached hydrogens (tertiary/aromatic N) is 1. The molecule has 1 aromatic heterocycles. The van der Waals surface area contributed by atoms with Crippen LogP contribution in [-0.4, -0.2) is 34.5 Å². The van der Waals surface area contributed by atoms with Gasteiger partial charge < -0.3 is 10.4 Å². The highest BCUT2D eigenvalue weighted by Gasteiger charge is 2.23. The van der Waals surface area contributed by atoms with Crippen LogP contribution in [0.5, 0.6) is 0 Å². The number of thioether (sulfide) groups is 1. The van der Waals surface area contributed by atoms with Gasteiger partial charge in [-0.1, -0.05) is 11.8 Å². The van der Waals surface area contributed by atoms with E-state index in [0.717, 1.165) is 16.5 Å². The number of aliphatic hydroxyl groups excluding tert-OH is 1.